The summed E-state index contributed by atoms with van der Waals surface area (Å²) in [5.74, 6) is 0. The van der Waals surface area contributed by atoms with E-state index in [1.807, 2.05) is 60.7 Å². The first-order valence-corrected chi connectivity index (χ1v) is 17.8. The number of hydrogen-bond donors (Lipinski definition) is 0. The van der Waals surface area contributed by atoms with E-state index in [-0.39, 0.29) is 0 Å². The van der Waals surface area contributed by atoms with Crippen molar-refractivity contribution in [2.75, 3.05) is 9.80 Å². The highest BCUT2D eigenvalue weighted by molar-refractivity contribution is 5.84. The van der Waals surface area contributed by atoms with E-state index in [2.05, 4.69) is 156 Å². The van der Waals surface area contributed by atoms with Crippen molar-refractivity contribution in [1.29, 1.82) is 5.26 Å². The van der Waals surface area contributed by atoms with Crippen LogP contribution in [0.1, 0.15) is 38.9 Å². The average molecular weight is 695 g/mol. The van der Waals surface area contributed by atoms with Crippen LogP contribution in [0.3, 0.4) is 0 Å². The average Bonchev–Trinajstić information content (AvgIpc) is 3.22. The Labute approximate surface area is 318 Å². The van der Waals surface area contributed by atoms with E-state index in [1.165, 1.54) is 11.1 Å². The third kappa shape index (κ3) is 8.05. The fraction of sp³-hybridized carbons (Fsp3) is 0.0400. The van der Waals surface area contributed by atoms with Gasteiger partial charge in [-0.2, -0.15) is 5.26 Å². The highest BCUT2D eigenvalue weighted by atomic mass is 15.1. The predicted octanol–water partition coefficient (Wildman–Crippen LogP) is 14.0. The van der Waals surface area contributed by atoms with Gasteiger partial charge in [0, 0.05) is 34.1 Å². The number of nitriles is 1. The van der Waals surface area contributed by atoms with Crippen molar-refractivity contribution in [3.05, 3.63) is 220 Å². The fourth-order valence-electron chi connectivity index (χ4n) is 6.36. The first-order chi connectivity index (χ1) is 26.5. The summed E-state index contributed by atoms with van der Waals surface area (Å²) in [5.41, 5.74) is 13.2. The van der Waals surface area contributed by atoms with Crippen LogP contribution in [0.4, 0.5) is 39.8 Å². The van der Waals surface area contributed by atoms with Crippen molar-refractivity contribution < 1.29 is 0 Å². The summed E-state index contributed by atoms with van der Waals surface area (Å²) in [6.45, 7) is 12.1. The van der Waals surface area contributed by atoms with E-state index in [0.29, 0.717) is 22.4 Å². The lowest BCUT2D eigenvalue weighted by molar-refractivity contribution is 1.27. The van der Waals surface area contributed by atoms with Gasteiger partial charge in [0.25, 0.3) is 0 Å². The molecule has 0 atom stereocenters. The van der Waals surface area contributed by atoms with Crippen molar-refractivity contribution in [3.8, 4) is 6.07 Å². The van der Waals surface area contributed by atoms with E-state index in [0.717, 1.165) is 45.3 Å². The number of benzene rings is 7. The van der Waals surface area contributed by atoms with E-state index in [9.17, 15) is 5.26 Å². The number of hydrogen-bond acceptors (Lipinski definition) is 3. The molecule has 0 saturated carbocycles. The maximum atomic E-state index is 10.1. The molecule has 54 heavy (non-hydrogen) atoms. The second-order valence-electron chi connectivity index (χ2n) is 13.1. The van der Waals surface area contributed by atoms with Crippen molar-refractivity contribution in [3.63, 3.8) is 0 Å². The zero-order valence-corrected chi connectivity index (χ0v) is 30.3. The maximum Gasteiger partial charge on any atom is 0.194 e. The zero-order valence-electron chi connectivity index (χ0n) is 30.3. The summed E-state index contributed by atoms with van der Waals surface area (Å²) in [6.07, 6.45) is 7.80. The first kappa shape index (κ1) is 35.0. The monoisotopic (exact) mass is 694 g/mol. The van der Waals surface area contributed by atoms with Gasteiger partial charge < -0.3 is 9.80 Å². The lowest BCUT2D eigenvalue weighted by Crippen LogP contribution is -2.09. The molecule has 0 N–H and O–H groups in total. The highest BCUT2D eigenvalue weighted by Crippen LogP contribution is 2.36. The van der Waals surface area contributed by atoms with Crippen molar-refractivity contribution >= 4 is 64.1 Å². The van der Waals surface area contributed by atoms with Gasteiger partial charge >= 0.3 is 0 Å². The van der Waals surface area contributed by atoms with Gasteiger partial charge in [0.15, 0.2) is 5.69 Å². The first-order valence-electron chi connectivity index (χ1n) is 17.8. The van der Waals surface area contributed by atoms with Gasteiger partial charge in [-0.05, 0) is 121 Å². The molecule has 0 amide bonds. The Morgan fingerprint density at radius 1 is 0.463 bits per heavy atom. The van der Waals surface area contributed by atoms with E-state index >= 15 is 0 Å². The summed E-state index contributed by atoms with van der Waals surface area (Å²) in [7, 11) is 0. The van der Waals surface area contributed by atoms with Crippen LogP contribution >= 0.6 is 0 Å². The smallest absolute Gasteiger partial charge is 0.194 e. The number of aryl methyl sites for hydroxylation is 2. The third-order valence-corrected chi connectivity index (χ3v) is 9.27. The van der Waals surface area contributed by atoms with Gasteiger partial charge in [-0.25, -0.2) is 4.85 Å². The second kappa shape index (κ2) is 16.3. The van der Waals surface area contributed by atoms with E-state index in [1.54, 1.807) is 12.1 Å². The Hall–Kier alpha value is -7.40. The molecule has 258 valence electrons. The van der Waals surface area contributed by atoms with Gasteiger partial charge in [0.05, 0.1) is 18.2 Å². The number of nitrogens with zero attached hydrogens (tertiary/aromatic N) is 4. The Balaban J connectivity index is 1.10. The van der Waals surface area contributed by atoms with Crippen LogP contribution in [0.25, 0.3) is 29.1 Å². The molecule has 7 aromatic carbocycles. The molecule has 4 nitrogen and oxygen atoms in total. The minimum Gasteiger partial charge on any atom is -0.311 e. The summed E-state index contributed by atoms with van der Waals surface area (Å²) >= 11 is 0. The van der Waals surface area contributed by atoms with Crippen LogP contribution in [-0.2, 0) is 0 Å². The van der Waals surface area contributed by atoms with Crippen molar-refractivity contribution in [2.45, 2.75) is 13.8 Å². The Bertz CT molecular complexity index is 2300. The van der Waals surface area contributed by atoms with Crippen LogP contribution < -0.4 is 9.80 Å². The second-order valence-corrected chi connectivity index (χ2v) is 13.1. The lowest BCUT2D eigenvalue weighted by Gasteiger charge is -2.25. The molecule has 0 aromatic heterocycles. The maximum absolute atomic E-state index is 10.1. The standard InChI is InChI=1S/C50H38N4/c1-37-14-26-46(27-15-37)53(44-10-6-4-7-11-44)48-30-20-39(21-31-48)18-24-41-35-50(52-3)42(34-43(41)36-51)25-19-40-22-32-49(33-23-40)54(45-12-8-5-9-13-45)47-28-16-38(2)17-29-47/h4-35H,1-2H3/b24-18-,25-19-. The van der Waals surface area contributed by atoms with Crippen molar-refractivity contribution in [1.82, 2.24) is 0 Å². The topological polar surface area (TPSA) is 34.6 Å². The largest absolute Gasteiger partial charge is 0.311 e. The molecule has 4 heteroatoms. The van der Waals surface area contributed by atoms with Gasteiger partial charge in [-0.1, -0.05) is 120 Å². The molecular formula is C50H38N4. The quantitative estimate of drug-likeness (QED) is 0.106. The van der Waals surface area contributed by atoms with Gasteiger partial charge in [-0.15, -0.1) is 0 Å². The summed E-state index contributed by atoms with van der Waals surface area (Å²) < 4.78 is 0. The predicted molar refractivity (Wildman–Crippen MR) is 227 cm³/mol. The molecule has 7 rings (SSSR count). The van der Waals surface area contributed by atoms with Gasteiger partial charge in [-0.3, -0.25) is 0 Å². The highest BCUT2D eigenvalue weighted by Gasteiger charge is 2.14. The Morgan fingerprint density at radius 3 is 1.22 bits per heavy atom. The molecule has 0 aliphatic heterocycles. The SMILES string of the molecule is [C-]#[N+]c1cc(/C=C\c2ccc(N(c3ccccc3)c3ccc(C)cc3)cc2)c(C#N)cc1/C=C\c1ccc(N(c2ccccc2)c2ccc(C)cc2)cc1. The van der Waals surface area contributed by atoms with Gasteiger partial charge in [0.2, 0.25) is 0 Å². The minimum absolute atomic E-state index is 0.489. The van der Waals surface area contributed by atoms with E-state index in [4.69, 9.17) is 6.57 Å². The van der Waals surface area contributed by atoms with Gasteiger partial charge in [0.1, 0.15) is 0 Å². The Kier molecular flexibility index (Phi) is 10.6. The van der Waals surface area contributed by atoms with E-state index < -0.39 is 0 Å². The summed E-state index contributed by atoms with van der Waals surface area (Å²) in [4.78, 5) is 8.28. The number of para-hydroxylation sites is 2. The molecule has 0 saturated heterocycles. The third-order valence-electron chi connectivity index (χ3n) is 9.27. The minimum atomic E-state index is 0.489. The molecular weight excluding hydrogens is 657 g/mol. The number of rotatable bonds is 10. The molecule has 0 fully saturated rings. The zero-order chi connectivity index (χ0) is 37.3. The molecule has 0 spiro atoms. The molecule has 0 heterocycles. The molecule has 0 unspecified atom stereocenters. The Morgan fingerprint density at radius 2 is 0.833 bits per heavy atom. The fourth-order valence-corrected chi connectivity index (χ4v) is 6.36. The van der Waals surface area contributed by atoms with Crippen LogP contribution in [-0.4, -0.2) is 0 Å². The number of anilines is 6. The molecule has 7 aromatic rings. The normalized spacial score (nSPS) is 11.0. The van der Waals surface area contributed by atoms with Crippen LogP contribution in [0.5, 0.6) is 0 Å². The van der Waals surface area contributed by atoms with Crippen LogP contribution in [0.15, 0.2) is 170 Å². The summed E-state index contributed by atoms with van der Waals surface area (Å²) in [5, 5.41) is 10.1. The summed E-state index contributed by atoms with van der Waals surface area (Å²) in [6, 6.07) is 60.3. The van der Waals surface area contributed by atoms with Crippen LogP contribution in [0, 0.1) is 31.8 Å². The molecule has 0 aliphatic carbocycles. The lowest BCUT2D eigenvalue weighted by atomic mass is 10.0. The van der Waals surface area contributed by atoms with Crippen LogP contribution in [0.2, 0.25) is 0 Å². The molecule has 0 aliphatic rings. The molecule has 0 bridgehead atoms. The molecule has 0 radical (unpaired) electrons. The van der Waals surface area contributed by atoms with Crippen molar-refractivity contribution in [2.24, 2.45) is 0 Å².